The number of amides is 1. The predicted molar refractivity (Wildman–Crippen MR) is 126 cm³/mol. The van der Waals surface area contributed by atoms with Crippen molar-refractivity contribution >= 4 is 11.7 Å². The van der Waals surface area contributed by atoms with Gasteiger partial charge in [-0.15, -0.1) is 0 Å². The summed E-state index contributed by atoms with van der Waals surface area (Å²) in [6, 6.07) is 8.74. The lowest BCUT2D eigenvalue weighted by molar-refractivity contribution is -0.141. The van der Waals surface area contributed by atoms with Crippen molar-refractivity contribution in [2.24, 2.45) is 0 Å². The topological polar surface area (TPSA) is 104 Å². The molecule has 8 nitrogen and oxygen atoms in total. The van der Waals surface area contributed by atoms with Crippen LogP contribution in [0, 0.1) is 6.92 Å². The van der Waals surface area contributed by atoms with Gasteiger partial charge in [0.1, 0.15) is 5.82 Å². The molecule has 1 aliphatic rings. The van der Waals surface area contributed by atoms with E-state index in [4.69, 9.17) is 5.73 Å². The van der Waals surface area contributed by atoms with Gasteiger partial charge in [0.05, 0.1) is 30.9 Å². The van der Waals surface area contributed by atoms with E-state index in [0.29, 0.717) is 25.2 Å². The third kappa shape index (κ3) is 4.81. The van der Waals surface area contributed by atoms with Crippen LogP contribution in [0.15, 0.2) is 55.1 Å². The van der Waals surface area contributed by atoms with Crippen LogP contribution in [0.5, 0.6) is 0 Å². The number of fused-ring (bicyclic) bond motifs is 1. The van der Waals surface area contributed by atoms with Crippen molar-refractivity contribution in [2.75, 3.05) is 5.73 Å². The van der Waals surface area contributed by atoms with Crippen molar-refractivity contribution in [1.29, 1.82) is 0 Å². The van der Waals surface area contributed by atoms with E-state index in [1.54, 1.807) is 12.3 Å². The van der Waals surface area contributed by atoms with Gasteiger partial charge in [-0.3, -0.25) is 14.2 Å². The number of aromatic nitrogens is 5. The molecule has 5 rings (SSSR count). The number of anilines is 1. The Labute approximate surface area is 204 Å². The lowest BCUT2D eigenvalue weighted by Crippen LogP contribution is -2.28. The number of nitrogens with zero attached hydrogens (tertiary/aromatic N) is 5. The maximum atomic E-state index is 13.7. The van der Waals surface area contributed by atoms with E-state index in [1.165, 1.54) is 6.20 Å². The standard InChI is InChI=1S/C25H24F3N7O/c1-15-10-31-34(11-15)12-16-2-4-17(5-3-16)13-35-14-20(22(33-35)25(26,27)28)24(36)32-21-7-6-19-18(21)8-9-30-23(19)29/h2-5,8-11,14,21H,6-7,12-13H2,1H3,(H2,29,30)(H,32,36). The third-order valence-electron chi connectivity index (χ3n) is 6.24. The van der Waals surface area contributed by atoms with Gasteiger partial charge in [-0.2, -0.15) is 23.4 Å². The molecule has 0 saturated carbocycles. The molecule has 0 saturated heterocycles. The summed E-state index contributed by atoms with van der Waals surface area (Å²) in [6.45, 7) is 2.64. The van der Waals surface area contributed by atoms with Crippen LogP contribution < -0.4 is 11.1 Å². The number of carbonyl (C=O) groups is 1. The number of rotatable bonds is 6. The quantitative estimate of drug-likeness (QED) is 0.422. The average molecular weight is 496 g/mol. The number of nitrogens with two attached hydrogens (primary N) is 1. The fraction of sp³-hybridized carbons (Fsp3) is 0.280. The monoisotopic (exact) mass is 495 g/mol. The van der Waals surface area contributed by atoms with Crippen molar-refractivity contribution in [3.05, 3.63) is 94.2 Å². The zero-order valence-electron chi connectivity index (χ0n) is 19.5. The summed E-state index contributed by atoms with van der Waals surface area (Å²) in [4.78, 5) is 17.0. The minimum Gasteiger partial charge on any atom is -0.383 e. The Hall–Kier alpha value is -4.15. The van der Waals surface area contributed by atoms with Gasteiger partial charge in [-0.25, -0.2) is 4.98 Å². The summed E-state index contributed by atoms with van der Waals surface area (Å²) in [5.41, 5.74) is 8.59. The lowest BCUT2D eigenvalue weighted by atomic mass is 10.1. The Balaban J connectivity index is 1.33. The second-order valence-corrected chi connectivity index (χ2v) is 8.95. The third-order valence-corrected chi connectivity index (χ3v) is 6.24. The summed E-state index contributed by atoms with van der Waals surface area (Å²) in [7, 11) is 0. The van der Waals surface area contributed by atoms with E-state index in [2.05, 4.69) is 20.5 Å². The Kier molecular flexibility index (Phi) is 5.99. The lowest BCUT2D eigenvalue weighted by Gasteiger charge is -2.14. The van der Waals surface area contributed by atoms with Crippen molar-refractivity contribution in [1.82, 2.24) is 29.9 Å². The summed E-state index contributed by atoms with van der Waals surface area (Å²) < 4.78 is 44.2. The minimum atomic E-state index is -4.77. The second-order valence-electron chi connectivity index (χ2n) is 8.95. The van der Waals surface area contributed by atoms with Crippen molar-refractivity contribution in [2.45, 2.75) is 45.1 Å². The molecule has 3 heterocycles. The Morgan fingerprint density at radius 3 is 2.44 bits per heavy atom. The van der Waals surface area contributed by atoms with Crippen LogP contribution in [0.3, 0.4) is 0 Å². The number of benzene rings is 1. The molecule has 3 aromatic heterocycles. The SMILES string of the molecule is Cc1cnn(Cc2ccc(Cn3cc(C(=O)NC4CCc5c4ccnc5N)c(C(F)(F)F)n3)cc2)c1. The first kappa shape index (κ1) is 23.6. The molecule has 11 heteroatoms. The number of halogens is 3. The van der Waals surface area contributed by atoms with Crippen molar-refractivity contribution in [3.8, 4) is 0 Å². The maximum absolute atomic E-state index is 13.7. The number of carbonyl (C=O) groups excluding carboxylic acids is 1. The van der Waals surface area contributed by atoms with E-state index < -0.39 is 29.4 Å². The largest absolute Gasteiger partial charge is 0.435 e. The number of nitrogens with one attached hydrogen (secondary N) is 1. The number of hydrogen-bond acceptors (Lipinski definition) is 5. The number of pyridine rings is 1. The highest BCUT2D eigenvalue weighted by molar-refractivity contribution is 5.95. The average Bonchev–Trinajstić information content (AvgIpc) is 3.54. The first-order valence-electron chi connectivity index (χ1n) is 11.4. The van der Waals surface area contributed by atoms with Gasteiger partial charge in [-0.1, -0.05) is 24.3 Å². The van der Waals surface area contributed by atoms with Crippen LogP contribution in [0.2, 0.25) is 0 Å². The van der Waals surface area contributed by atoms with Gasteiger partial charge < -0.3 is 11.1 Å². The molecule has 1 aromatic carbocycles. The number of alkyl halides is 3. The van der Waals surface area contributed by atoms with Crippen LogP contribution in [-0.4, -0.2) is 30.5 Å². The molecule has 0 bridgehead atoms. The van der Waals surface area contributed by atoms with Crippen LogP contribution >= 0.6 is 0 Å². The van der Waals surface area contributed by atoms with Gasteiger partial charge in [0.15, 0.2) is 5.69 Å². The summed E-state index contributed by atoms with van der Waals surface area (Å²) in [6.07, 6.45) is 2.74. The zero-order chi connectivity index (χ0) is 25.4. The number of hydrogen-bond donors (Lipinski definition) is 2. The van der Waals surface area contributed by atoms with Crippen molar-refractivity contribution in [3.63, 3.8) is 0 Å². The molecular weight excluding hydrogens is 471 g/mol. The van der Waals surface area contributed by atoms with Gasteiger partial charge >= 0.3 is 6.18 Å². The predicted octanol–water partition coefficient (Wildman–Crippen LogP) is 3.90. The Bertz CT molecular complexity index is 1410. The molecule has 0 aliphatic heterocycles. The molecule has 4 aromatic rings. The molecule has 1 atom stereocenters. The maximum Gasteiger partial charge on any atom is 0.435 e. The molecule has 3 N–H and O–H groups in total. The highest BCUT2D eigenvalue weighted by atomic mass is 19.4. The molecule has 1 unspecified atom stereocenters. The fourth-order valence-electron chi connectivity index (χ4n) is 4.51. The van der Waals surface area contributed by atoms with Crippen LogP contribution in [0.25, 0.3) is 0 Å². The molecule has 36 heavy (non-hydrogen) atoms. The van der Waals surface area contributed by atoms with E-state index in [-0.39, 0.29) is 6.54 Å². The van der Waals surface area contributed by atoms with Crippen molar-refractivity contribution < 1.29 is 18.0 Å². The molecular formula is C25H24F3N7O. The molecule has 0 radical (unpaired) electrons. The first-order chi connectivity index (χ1) is 17.2. The van der Waals surface area contributed by atoms with Gasteiger partial charge in [0.2, 0.25) is 0 Å². The fourth-order valence-corrected chi connectivity index (χ4v) is 4.51. The van der Waals surface area contributed by atoms with Crippen LogP contribution in [0.4, 0.5) is 19.0 Å². The summed E-state index contributed by atoms with van der Waals surface area (Å²) in [5.74, 6) is -0.453. The molecule has 1 amide bonds. The minimum absolute atomic E-state index is 0.0893. The van der Waals surface area contributed by atoms with Crippen LogP contribution in [-0.2, 0) is 25.7 Å². The van der Waals surface area contributed by atoms with Crippen LogP contribution in [0.1, 0.15) is 56.3 Å². The van der Waals surface area contributed by atoms with Gasteiger partial charge in [0, 0.05) is 18.6 Å². The van der Waals surface area contributed by atoms with Gasteiger partial charge in [-0.05, 0) is 53.6 Å². The van der Waals surface area contributed by atoms with Gasteiger partial charge in [0.25, 0.3) is 5.91 Å². The van der Waals surface area contributed by atoms with E-state index in [0.717, 1.165) is 38.7 Å². The normalized spacial score (nSPS) is 15.2. The second kappa shape index (κ2) is 9.14. The molecule has 1 aliphatic carbocycles. The van der Waals surface area contributed by atoms with E-state index in [9.17, 15) is 18.0 Å². The molecule has 0 fully saturated rings. The smallest absolute Gasteiger partial charge is 0.383 e. The highest BCUT2D eigenvalue weighted by Gasteiger charge is 2.40. The van der Waals surface area contributed by atoms with E-state index in [1.807, 2.05) is 42.1 Å². The first-order valence-corrected chi connectivity index (χ1v) is 11.4. The number of nitrogen functional groups attached to an aromatic ring is 1. The Morgan fingerprint density at radius 2 is 1.81 bits per heavy atom. The summed E-state index contributed by atoms with van der Waals surface area (Å²) >= 11 is 0. The zero-order valence-corrected chi connectivity index (χ0v) is 19.5. The molecule has 0 spiro atoms. The Morgan fingerprint density at radius 1 is 1.11 bits per heavy atom. The van der Waals surface area contributed by atoms with E-state index >= 15 is 0 Å². The molecule has 186 valence electrons. The number of aryl methyl sites for hydroxylation is 1. The highest BCUT2D eigenvalue weighted by Crippen LogP contribution is 2.35. The summed E-state index contributed by atoms with van der Waals surface area (Å²) in [5, 5.41) is 10.7.